The number of hydrogen-bond acceptors (Lipinski definition) is 4. The topological polar surface area (TPSA) is 33.5 Å². The average Bonchev–Trinajstić information content (AvgIpc) is 3.88. The first kappa shape index (κ1) is 40.9. The molecule has 0 atom stereocenters. The van der Waals surface area contributed by atoms with Crippen molar-refractivity contribution < 1.29 is 25.8 Å². The summed E-state index contributed by atoms with van der Waals surface area (Å²) in [6.07, 6.45) is 6.08. The Morgan fingerprint density at radius 1 is 0.533 bits per heavy atom. The van der Waals surface area contributed by atoms with E-state index in [2.05, 4.69) is 221 Å². The van der Waals surface area contributed by atoms with Crippen LogP contribution < -0.4 is 14.5 Å². The first-order chi connectivity index (χ1) is 28.4. The molecule has 1 aliphatic rings. The van der Waals surface area contributed by atoms with E-state index < -0.39 is 0 Å². The van der Waals surface area contributed by atoms with Gasteiger partial charge in [0.05, 0.1) is 0 Å². The molecule has 6 heteroatoms. The summed E-state index contributed by atoms with van der Waals surface area (Å²) in [7, 11) is 0. The van der Waals surface area contributed by atoms with E-state index >= 15 is 0 Å². The molecule has 60 heavy (non-hydrogen) atoms. The van der Waals surface area contributed by atoms with E-state index in [1.54, 1.807) is 0 Å². The summed E-state index contributed by atoms with van der Waals surface area (Å²) in [6, 6.07) is 58.5. The van der Waals surface area contributed by atoms with Crippen molar-refractivity contribution in [2.75, 3.05) is 9.80 Å². The second-order valence-corrected chi connectivity index (χ2v) is 17.6. The number of para-hydroxylation sites is 1. The number of rotatable bonds is 9. The molecule has 0 saturated heterocycles. The molecule has 5 nitrogen and oxygen atoms in total. The second kappa shape index (κ2) is 15.9. The Bertz CT molecular complexity index is 2760. The van der Waals surface area contributed by atoms with E-state index in [4.69, 9.17) is 9.72 Å². The van der Waals surface area contributed by atoms with Crippen LogP contribution in [0, 0.1) is 18.8 Å². The quantitative estimate of drug-likeness (QED) is 0.135. The van der Waals surface area contributed by atoms with Gasteiger partial charge in [-0.2, -0.15) is 12.1 Å². The van der Waals surface area contributed by atoms with Crippen LogP contribution >= 0.6 is 0 Å². The first-order valence-corrected chi connectivity index (χ1v) is 20.4. The van der Waals surface area contributed by atoms with Gasteiger partial charge in [0.2, 0.25) is 0 Å². The number of pyridine rings is 1. The summed E-state index contributed by atoms with van der Waals surface area (Å²) in [5.74, 6) is 2.07. The summed E-state index contributed by atoms with van der Waals surface area (Å²) in [4.78, 5) is 9.11. The molecule has 0 spiro atoms. The van der Waals surface area contributed by atoms with Crippen LogP contribution in [0.2, 0.25) is 0 Å². The Balaban J connectivity index is 0.00000499. The maximum atomic E-state index is 6.53. The SMILES string of the molecule is CC(C)(C)c1ccnc(-n2c3[c-]c(Oc4[c-]c(N5C=CN(c6cc(C(C)(C)c7ccccc7)cc(C(C)(C)c7ccccc7)c6)[CH-]5)ccc4)ccc3c3ccccc32)c1.[Pt]. The number of hydrogen-bond donors (Lipinski definition) is 0. The van der Waals surface area contributed by atoms with Gasteiger partial charge in [0, 0.05) is 60.8 Å². The molecule has 3 heterocycles. The van der Waals surface area contributed by atoms with Crippen molar-refractivity contribution >= 4 is 33.2 Å². The second-order valence-electron chi connectivity index (χ2n) is 17.6. The Hall–Kier alpha value is -5.90. The smallest absolute Gasteiger partial charge is 0.135 e. The predicted octanol–water partition coefficient (Wildman–Crippen LogP) is 13.4. The number of anilines is 2. The average molecular weight is 965 g/mol. The third kappa shape index (κ3) is 7.68. The molecule has 0 fully saturated rings. The number of nitrogens with zero attached hydrogens (tertiary/aromatic N) is 4. The Morgan fingerprint density at radius 3 is 1.82 bits per heavy atom. The van der Waals surface area contributed by atoms with E-state index in [0.717, 1.165) is 39.0 Å². The third-order valence-electron chi connectivity index (χ3n) is 11.9. The van der Waals surface area contributed by atoms with E-state index in [-0.39, 0.29) is 37.3 Å². The number of ether oxygens (including phenoxy) is 1. The number of fused-ring (bicyclic) bond motifs is 3. The molecule has 1 aliphatic heterocycles. The maximum Gasteiger partial charge on any atom is 0.135 e. The van der Waals surface area contributed by atoms with Gasteiger partial charge < -0.3 is 19.1 Å². The van der Waals surface area contributed by atoms with Crippen LogP contribution in [-0.4, -0.2) is 9.55 Å². The molecule has 9 rings (SSSR count). The fourth-order valence-corrected chi connectivity index (χ4v) is 8.12. The van der Waals surface area contributed by atoms with Gasteiger partial charge in [-0.3, -0.25) is 0 Å². The molecular weight excluding hydrogens is 916 g/mol. The predicted molar refractivity (Wildman–Crippen MR) is 243 cm³/mol. The summed E-state index contributed by atoms with van der Waals surface area (Å²) >= 11 is 0. The molecule has 6 aromatic carbocycles. The van der Waals surface area contributed by atoms with E-state index in [1.807, 2.05) is 24.4 Å². The van der Waals surface area contributed by atoms with Crippen LogP contribution in [0.3, 0.4) is 0 Å². The summed E-state index contributed by atoms with van der Waals surface area (Å²) in [5, 5.41) is 2.24. The molecule has 0 radical (unpaired) electrons. The first-order valence-electron chi connectivity index (χ1n) is 20.4. The van der Waals surface area contributed by atoms with Crippen molar-refractivity contribution in [3.05, 3.63) is 211 Å². The zero-order valence-electron chi connectivity index (χ0n) is 35.2. The Kier molecular flexibility index (Phi) is 10.9. The van der Waals surface area contributed by atoms with Crippen LogP contribution in [0.5, 0.6) is 11.5 Å². The van der Waals surface area contributed by atoms with E-state index in [9.17, 15) is 0 Å². The summed E-state index contributed by atoms with van der Waals surface area (Å²) in [6.45, 7) is 18.0. The zero-order valence-corrected chi connectivity index (χ0v) is 37.5. The third-order valence-corrected chi connectivity index (χ3v) is 11.9. The molecule has 0 N–H and O–H groups in total. The zero-order chi connectivity index (χ0) is 40.9. The van der Waals surface area contributed by atoms with Crippen molar-refractivity contribution in [2.24, 2.45) is 0 Å². The fourth-order valence-electron chi connectivity index (χ4n) is 8.12. The van der Waals surface area contributed by atoms with Gasteiger partial charge in [-0.15, -0.1) is 48.1 Å². The minimum absolute atomic E-state index is 0. The minimum Gasteiger partial charge on any atom is -0.509 e. The Morgan fingerprint density at radius 2 is 1.15 bits per heavy atom. The van der Waals surface area contributed by atoms with Crippen molar-refractivity contribution in [3.63, 3.8) is 0 Å². The van der Waals surface area contributed by atoms with Crippen molar-refractivity contribution in [2.45, 2.75) is 64.7 Å². The van der Waals surface area contributed by atoms with Crippen molar-refractivity contribution in [3.8, 4) is 17.3 Å². The summed E-state index contributed by atoms with van der Waals surface area (Å²) in [5.41, 5.74) is 9.79. The van der Waals surface area contributed by atoms with Crippen molar-refractivity contribution in [1.82, 2.24) is 9.55 Å². The largest absolute Gasteiger partial charge is 0.509 e. The fraction of sp³-hybridized carbons (Fsp3) is 0.185. The number of aromatic nitrogens is 2. The van der Waals surface area contributed by atoms with E-state index in [0.29, 0.717) is 11.5 Å². The van der Waals surface area contributed by atoms with Gasteiger partial charge in [0.15, 0.2) is 0 Å². The van der Waals surface area contributed by atoms with Crippen LogP contribution in [0.15, 0.2) is 164 Å². The summed E-state index contributed by atoms with van der Waals surface area (Å²) < 4.78 is 8.72. The van der Waals surface area contributed by atoms with Gasteiger partial charge in [-0.05, 0) is 81.4 Å². The monoisotopic (exact) mass is 964 g/mol. The molecular formula is C54H49N4OPt-3. The Labute approximate surface area is 369 Å². The van der Waals surface area contributed by atoms with E-state index in [1.165, 1.54) is 27.8 Å². The molecule has 0 aliphatic carbocycles. The normalized spacial score (nSPS) is 13.2. The molecule has 0 saturated carbocycles. The van der Waals surface area contributed by atoms with Gasteiger partial charge in [-0.25, -0.2) is 4.98 Å². The van der Waals surface area contributed by atoms with Gasteiger partial charge >= 0.3 is 0 Å². The van der Waals surface area contributed by atoms with Crippen LogP contribution in [0.25, 0.3) is 27.6 Å². The standard InChI is InChI=1S/C54H49N4O.Pt/c1-52(2,3)40-27-28-55-51(34-40)58-49-24-15-14-23-47(49)48-26-25-46(36-50(48)58)59-45-22-16-21-43(35-45)56-29-30-57(37-56)44-32-41(53(4,5)38-17-10-8-11-18-38)31-42(33-44)54(6,7)39-19-12-9-13-20-39;/h8-34,37H,1-7H3;/q-3;. The van der Waals surface area contributed by atoms with Crippen molar-refractivity contribution in [1.29, 1.82) is 0 Å². The molecule has 0 unspecified atom stereocenters. The maximum absolute atomic E-state index is 6.53. The van der Waals surface area contributed by atoms with Crippen LogP contribution in [0.1, 0.15) is 76.3 Å². The molecule has 0 bridgehead atoms. The molecule has 2 aromatic heterocycles. The number of benzene rings is 6. The van der Waals surface area contributed by atoms with Gasteiger partial charge in [-0.1, -0.05) is 139 Å². The minimum atomic E-state index is -0.220. The molecule has 304 valence electrons. The van der Waals surface area contributed by atoms with Gasteiger partial charge in [0.25, 0.3) is 0 Å². The van der Waals surface area contributed by atoms with Crippen LogP contribution in [0.4, 0.5) is 11.4 Å². The molecule has 8 aromatic rings. The molecule has 0 amide bonds. The van der Waals surface area contributed by atoms with Gasteiger partial charge in [0.1, 0.15) is 5.82 Å². The van der Waals surface area contributed by atoms with Crippen LogP contribution in [-0.2, 0) is 37.3 Å².